The molecule has 0 heterocycles. The minimum atomic E-state index is -0.781. The molecule has 3 rings (SSSR count). The highest BCUT2D eigenvalue weighted by molar-refractivity contribution is 6.02. The Morgan fingerprint density at radius 3 is 1.94 bits per heavy atom. The largest absolute Gasteiger partial charge is 0.483 e. The molecule has 3 aromatic carbocycles. The van der Waals surface area contributed by atoms with Crippen molar-refractivity contribution in [2.24, 2.45) is 0 Å². The molecule has 1 atom stereocenters. The van der Waals surface area contributed by atoms with Crippen molar-refractivity contribution >= 4 is 29.1 Å². The lowest BCUT2D eigenvalue weighted by Crippen LogP contribution is -2.41. The van der Waals surface area contributed by atoms with Gasteiger partial charge in [0.15, 0.2) is 6.61 Å². The number of rotatable bonds is 8. The molecule has 7 nitrogen and oxygen atoms in total. The first-order valence-corrected chi connectivity index (χ1v) is 10.6. The van der Waals surface area contributed by atoms with Gasteiger partial charge in [0.05, 0.1) is 5.56 Å². The van der Waals surface area contributed by atoms with Crippen molar-refractivity contribution in [2.45, 2.75) is 26.8 Å². The van der Waals surface area contributed by atoms with Crippen LogP contribution in [0.4, 0.5) is 11.4 Å². The molecule has 3 N–H and O–H groups in total. The van der Waals surface area contributed by atoms with Crippen molar-refractivity contribution in [3.8, 4) is 5.75 Å². The zero-order valence-corrected chi connectivity index (χ0v) is 18.8. The molecule has 0 aliphatic carbocycles. The van der Waals surface area contributed by atoms with Crippen LogP contribution in [0, 0.1) is 13.8 Å². The fraction of sp³-hybridized carbons (Fsp3) is 0.192. The summed E-state index contributed by atoms with van der Waals surface area (Å²) in [6.45, 7) is 5.26. The van der Waals surface area contributed by atoms with Crippen LogP contribution >= 0.6 is 0 Å². The molecule has 0 aliphatic heterocycles. The number of hydrogen-bond donors (Lipinski definition) is 3. The van der Waals surface area contributed by atoms with E-state index in [-0.39, 0.29) is 29.7 Å². The molecule has 1 unspecified atom stereocenters. The van der Waals surface area contributed by atoms with Gasteiger partial charge >= 0.3 is 0 Å². The van der Waals surface area contributed by atoms with Crippen molar-refractivity contribution < 1.29 is 19.1 Å². The smallest absolute Gasteiger partial charge is 0.262 e. The second kappa shape index (κ2) is 10.9. The Hall–Kier alpha value is -4.13. The first kappa shape index (κ1) is 23.5. The van der Waals surface area contributed by atoms with Crippen LogP contribution in [0.5, 0.6) is 5.75 Å². The number of aryl methyl sites for hydroxylation is 2. The number of anilines is 2. The maximum Gasteiger partial charge on any atom is 0.262 e. The number of carbonyl (C=O) groups is 3. The number of benzene rings is 3. The minimum Gasteiger partial charge on any atom is -0.483 e. The van der Waals surface area contributed by atoms with Gasteiger partial charge in [-0.15, -0.1) is 0 Å². The molecule has 0 fully saturated rings. The average molecular weight is 446 g/mol. The number of carbonyl (C=O) groups excluding carboxylic acids is 3. The fourth-order valence-electron chi connectivity index (χ4n) is 2.98. The molecule has 7 heteroatoms. The Kier molecular flexibility index (Phi) is 7.81. The molecule has 3 amide bonds. The van der Waals surface area contributed by atoms with Crippen LogP contribution in [0.3, 0.4) is 0 Å². The monoisotopic (exact) mass is 445 g/mol. The predicted molar refractivity (Wildman–Crippen MR) is 128 cm³/mol. The van der Waals surface area contributed by atoms with Gasteiger partial charge in [0, 0.05) is 11.4 Å². The molecule has 0 aliphatic rings. The number of hydrogen-bond acceptors (Lipinski definition) is 4. The first-order chi connectivity index (χ1) is 15.8. The van der Waals surface area contributed by atoms with Crippen molar-refractivity contribution in [1.82, 2.24) is 5.32 Å². The molecule has 170 valence electrons. The summed E-state index contributed by atoms with van der Waals surface area (Å²) in [5.74, 6) is -0.917. The molecule has 33 heavy (non-hydrogen) atoms. The van der Waals surface area contributed by atoms with E-state index in [0.29, 0.717) is 11.4 Å². The first-order valence-electron chi connectivity index (χ1n) is 10.6. The van der Waals surface area contributed by atoms with Gasteiger partial charge in [-0.1, -0.05) is 47.5 Å². The second-order valence-corrected chi connectivity index (χ2v) is 7.75. The summed E-state index contributed by atoms with van der Waals surface area (Å²) in [7, 11) is 0. The number of amides is 3. The highest BCUT2D eigenvalue weighted by Crippen LogP contribution is 2.18. The molecule has 0 bridgehead atoms. The Balaban J connectivity index is 1.57. The van der Waals surface area contributed by atoms with Gasteiger partial charge in [0.1, 0.15) is 11.8 Å². The van der Waals surface area contributed by atoms with Crippen LogP contribution in [-0.2, 0) is 9.59 Å². The Morgan fingerprint density at radius 2 is 1.33 bits per heavy atom. The van der Waals surface area contributed by atoms with Crippen LogP contribution in [0.25, 0.3) is 0 Å². The topological polar surface area (TPSA) is 96.5 Å². The Bertz CT molecular complexity index is 1130. The van der Waals surface area contributed by atoms with Gasteiger partial charge in [-0.3, -0.25) is 14.4 Å². The van der Waals surface area contributed by atoms with Crippen molar-refractivity contribution in [3.05, 3.63) is 89.5 Å². The molecule has 0 radical (unpaired) electrons. The van der Waals surface area contributed by atoms with Crippen LogP contribution in [0.15, 0.2) is 72.8 Å². The molecule has 0 aromatic heterocycles. The molecule has 3 aromatic rings. The zero-order valence-electron chi connectivity index (χ0n) is 18.8. The van der Waals surface area contributed by atoms with Crippen molar-refractivity contribution in [2.75, 3.05) is 17.2 Å². The van der Waals surface area contributed by atoms with Crippen LogP contribution in [0.1, 0.15) is 28.4 Å². The average Bonchev–Trinajstić information content (AvgIpc) is 2.80. The number of para-hydroxylation sites is 1. The minimum absolute atomic E-state index is 0.232. The summed E-state index contributed by atoms with van der Waals surface area (Å²) in [5, 5.41) is 8.18. The van der Waals surface area contributed by atoms with Gasteiger partial charge in [0.25, 0.3) is 11.8 Å². The van der Waals surface area contributed by atoms with Gasteiger partial charge in [0.2, 0.25) is 5.91 Å². The normalized spacial score (nSPS) is 11.2. The van der Waals surface area contributed by atoms with Gasteiger partial charge < -0.3 is 20.7 Å². The maximum absolute atomic E-state index is 12.8. The molecule has 0 saturated carbocycles. The second-order valence-electron chi connectivity index (χ2n) is 7.75. The van der Waals surface area contributed by atoms with Crippen LogP contribution < -0.4 is 20.7 Å². The lowest BCUT2D eigenvalue weighted by Gasteiger charge is -2.16. The standard InChI is InChI=1S/C26H27N3O4/c1-17-8-12-20(13-9-17)28-24(30)16-33-23-7-5-4-6-22(23)26(32)27-19(3)25(31)29-21-14-10-18(2)11-15-21/h4-15,19H,16H2,1-3H3,(H,27,32)(H,28,30)(H,29,31). The molecule has 0 saturated heterocycles. The summed E-state index contributed by atoms with van der Waals surface area (Å²) in [6, 6.07) is 20.6. The third-order valence-electron chi connectivity index (χ3n) is 4.89. The lowest BCUT2D eigenvalue weighted by atomic mass is 10.1. The summed E-state index contributed by atoms with van der Waals surface area (Å²) in [6.07, 6.45) is 0. The highest BCUT2D eigenvalue weighted by Gasteiger charge is 2.19. The fourth-order valence-corrected chi connectivity index (χ4v) is 2.98. The molecular weight excluding hydrogens is 418 g/mol. The summed E-state index contributed by atoms with van der Waals surface area (Å²) >= 11 is 0. The van der Waals surface area contributed by atoms with Crippen LogP contribution in [0.2, 0.25) is 0 Å². The number of ether oxygens (including phenoxy) is 1. The van der Waals surface area contributed by atoms with E-state index in [9.17, 15) is 14.4 Å². The molecule has 0 spiro atoms. The zero-order chi connectivity index (χ0) is 23.8. The quantitative estimate of drug-likeness (QED) is 0.487. The van der Waals surface area contributed by atoms with Gasteiger partial charge in [-0.05, 0) is 57.2 Å². The van der Waals surface area contributed by atoms with Gasteiger partial charge in [-0.2, -0.15) is 0 Å². The summed E-state index contributed by atoms with van der Waals surface area (Å²) < 4.78 is 5.59. The van der Waals surface area contributed by atoms with Gasteiger partial charge in [-0.25, -0.2) is 0 Å². The SMILES string of the molecule is Cc1ccc(NC(=O)COc2ccccc2C(=O)NC(C)C(=O)Nc2ccc(C)cc2)cc1. The van der Waals surface area contributed by atoms with E-state index in [1.807, 2.05) is 38.1 Å². The Morgan fingerprint density at radius 1 is 0.788 bits per heavy atom. The third kappa shape index (κ3) is 6.93. The third-order valence-corrected chi connectivity index (χ3v) is 4.89. The van der Waals surface area contributed by atoms with Crippen molar-refractivity contribution in [1.29, 1.82) is 0 Å². The molecular formula is C26H27N3O4. The van der Waals surface area contributed by atoms with E-state index < -0.39 is 11.9 Å². The van der Waals surface area contributed by atoms with E-state index in [1.54, 1.807) is 55.5 Å². The summed E-state index contributed by atoms with van der Waals surface area (Å²) in [5.41, 5.74) is 3.71. The number of nitrogens with one attached hydrogen (secondary N) is 3. The van der Waals surface area contributed by atoms with E-state index in [0.717, 1.165) is 11.1 Å². The predicted octanol–water partition coefficient (Wildman–Crippen LogP) is 4.08. The van der Waals surface area contributed by atoms with E-state index in [1.165, 1.54) is 0 Å². The lowest BCUT2D eigenvalue weighted by molar-refractivity contribution is -0.118. The highest BCUT2D eigenvalue weighted by atomic mass is 16.5. The van der Waals surface area contributed by atoms with E-state index in [4.69, 9.17) is 4.74 Å². The summed E-state index contributed by atoms with van der Waals surface area (Å²) in [4.78, 5) is 37.4. The van der Waals surface area contributed by atoms with E-state index in [2.05, 4.69) is 16.0 Å². The van der Waals surface area contributed by atoms with E-state index >= 15 is 0 Å². The Labute approximate surface area is 193 Å². The van der Waals surface area contributed by atoms with Crippen molar-refractivity contribution in [3.63, 3.8) is 0 Å². The van der Waals surface area contributed by atoms with Crippen LogP contribution in [-0.4, -0.2) is 30.4 Å². The maximum atomic E-state index is 12.8.